The number of aliphatic imine (C=N–C) groups is 1. The molecule has 180 valence electrons. The number of ether oxygens (including phenoxy) is 1. The monoisotopic (exact) mass is 573 g/mol. The summed E-state index contributed by atoms with van der Waals surface area (Å²) in [4.78, 5) is 4.69. The van der Waals surface area contributed by atoms with E-state index < -0.39 is 0 Å². The quantitative estimate of drug-likeness (QED) is 0.146. The van der Waals surface area contributed by atoms with Crippen LogP contribution in [0.4, 0.5) is 5.82 Å². The van der Waals surface area contributed by atoms with Crippen LogP contribution in [-0.4, -0.2) is 35.4 Å². The van der Waals surface area contributed by atoms with Gasteiger partial charge in [0, 0.05) is 18.7 Å². The molecular formula is C25H32IN7O. The van der Waals surface area contributed by atoms with Crippen molar-refractivity contribution in [1.29, 1.82) is 5.26 Å². The van der Waals surface area contributed by atoms with Crippen molar-refractivity contribution in [3.05, 3.63) is 71.4 Å². The molecule has 0 amide bonds. The van der Waals surface area contributed by atoms with Gasteiger partial charge in [-0.3, -0.25) is 0 Å². The zero-order valence-corrected chi connectivity index (χ0v) is 22.0. The number of hydrogen-bond donors (Lipinski definition) is 3. The number of guanidine groups is 1. The Labute approximate surface area is 218 Å². The molecule has 0 radical (unpaired) electrons. The van der Waals surface area contributed by atoms with Crippen LogP contribution in [0.25, 0.3) is 5.69 Å². The van der Waals surface area contributed by atoms with E-state index in [-0.39, 0.29) is 24.0 Å². The van der Waals surface area contributed by atoms with Crippen LogP contribution in [0.3, 0.4) is 0 Å². The van der Waals surface area contributed by atoms with E-state index in [1.165, 1.54) is 0 Å². The van der Waals surface area contributed by atoms with E-state index in [1.807, 2.05) is 68.4 Å². The lowest BCUT2D eigenvalue weighted by Gasteiger charge is -2.12. The second kappa shape index (κ2) is 14.1. The molecule has 0 aliphatic rings. The number of benzene rings is 2. The Bertz CT molecular complexity index is 1110. The molecule has 0 aliphatic carbocycles. The van der Waals surface area contributed by atoms with E-state index in [2.05, 4.69) is 26.8 Å². The van der Waals surface area contributed by atoms with Crippen molar-refractivity contribution in [2.45, 2.75) is 33.2 Å². The van der Waals surface area contributed by atoms with E-state index in [9.17, 15) is 5.26 Å². The number of nitrogen functional groups attached to an aromatic ring is 1. The molecule has 4 N–H and O–H groups in total. The number of rotatable bonds is 10. The number of nitrogens with one attached hydrogen (secondary N) is 2. The van der Waals surface area contributed by atoms with Crippen molar-refractivity contribution >= 4 is 35.8 Å². The van der Waals surface area contributed by atoms with Crippen LogP contribution in [0.1, 0.15) is 37.1 Å². The highest BCUT2D eigenvalue weighted by atomic mass is 127. The average Bonchev–Trinajstić information content (AvgIpc) is 3.16. The summed E-state index contributed by atoms with van der Waals surface area (Å²) >= 11 is 0. The van der Waals surface area contributed by atoms with Crippen molar-refractivity contribution in [3.63, 3.8) is 0 Å². The number of aromatic nitrogens is 2. The van der Waals surface area contributed by atoms with Crippen molar-refractivity contribution in [1.82, 2.24) is 20.4 Å². The molecule has 2 aromatic carbocycles. The second-order valence-corrected chi connectivity index (χ2v) is 7.33. The molecule has 0 saturated heterocycles. The minimum absolute atomic E-state index is 0. The SMILES string of the molecule is CCNC(=NCc1ccccc1OCC)NCCCc1nn(-c2ccccc2)c(N)c1C#N.I. The van der Waals surface area contributed by atoms with Gasteiger partial charge in [0.25, 0.3) is 0 Å². The molecule has 0 aliphatic heterocycles. The highest BCUT2D eigenvalue weighted by Crippen LogP contribution is 2.21. The number of aryl methyl sites for hydroxylation is 1. The average molecular weight is 573 g/mol. The number of anilines is 1. The van der Waals surface area contributed by atoms with Crippen molar-refractivity contribution in [2.75, 3.05) is 25.4 Å². The van der Waals surface area contributed by atoms with Gasteiger partial charge in [0.05, 0.1) is 24.5 Å². The van der Waals surface area contributed by atoms with E-state index in [1.54, 1.807) is 4.68 Å². The summed E-state index contributed by atoms with van der Waals surface area (Å²) in [6.07, 6.45) is 1.41. The highest BCUT2D eigenvalue weighted by molar-refractivity contribution is 14.0. The van der Waals surface area contributed by atoms with Gasteiger partial charge >= 0.3 is 0 Å². The molecule has 8 nitrogen and oxygen atoms in total. The van der Waals surface area contributed by atoms with Gasteiger partial charge in [-0.05, 0) is 44.9 Å². The summed E-state index contributed by atoms with van der Waals surface area (Å²) in [6, 6.07) is 19.7. The molecule has 1 heterocycles. The number of nitrogens with zero attached hydrogens (tertiary/aromatic N) is 4. The van der Waals surface area contributed by atoms with Crippen LogP contribution < -0.4 is 21.1 Å². The lowest BCUT2D eigenvalue weighted by molar-refractivity contribution is 0.336. The summed E-state index contributed by atoms with van der Waals surface area (Å²) in [6.45, 7) is 6.58. The predicted molar refractivity (Wildman–Crippen MR) is 147 cm³/mol. The molecule has 0 saturated carbocycles. The summed E-state index contributed by atoms with van der Waals surface area (Å²) in [5.74, 6) is 1.96. The molecule has 0 spiro atoms. The number of hydrogen-bond acceptors (Lipinski definition) is 5. The molecule has 9 heteroatoms. The van der Waals surface area contributed by atoms with Crippen LogP contribution >= 0.6 is 24.0 Å². The Hall–Kier alpha value is -3.26. The van der Waals surface area contributed by atoms with Gasteiger partial charge in [-0.2, -0.15) is 10.4 Å². The van der Waals surface area contributed by atoms with Crippen LogP contribution in [0, 0.1) is 11.3 Å². The van der Waals surface area contributed by atoms with Crippen LogP contribution in [0.5, 0.6) is 5.75 Å². The van der Waals surface area contributed by atoms with E-state index in [0.717, 1.165) is 35.9 Å². The molecule has 0 fully saturated rings. The third kappa shape index (κ3) is 7.12. The van der Waals surface area contributed by atoms with Crippen LogP contribution in [-0.2, 0) is 13.0 Å². The third-order valence-corrected chi connectivity index (χ3v) is 5.01. The summed E-state index contributed by atoms with van der Waals surface area (Å²) in [5.41, 5.74) is 9.21. The Kier molecular flexibility index (Phi) is 11.2. The van der Waals surface area contributed by atoms with Crippen LogP contribution in [0.2, 0.25) is 0 Å². The fourth-order valence-electron chi connectivity index (χ4n) is 3.44. The van der Waals surface area contributed by atoms with Crippen molar-refractivity contribution < 1.29 is 4.74 Å². The number of para-hydroxylation sites is 2. The van der Waals surface area contributed by atoms with Gasteiger partial charge in [-0.1, -0.05) is 36.4 Å². The van der Waals surface area contributed by atoms with E-state index >= 15 is 0 Å². The minimum atomic E-state index is 0. The van der Waals surface area contributed by atoms with Crippen molar-refractivity contribution in [3.8, 4) is 17.5 Å². The highest BCUT2D eigenvalue weighted by Gasteiger charge is 2.16. The van der Waals surface area contributed by atoms with Gasteiger partial charge in [0.1, 0.15) is 23.2 Å². The van der Waals surface area contributed by atoms with Crippen molar-refractivity contribution in [2.24, 2.45) is 4.99 Å². The summed E-state index contributed by atoms with van der Waals surface area (Å²) in [7, 11) is 0. The first kappa shape index (κ1) is 27.0. The second-order valence-electron chi connectivity index (χ2n) is 7.33. The molecule has 0 atom stereocenters. The molecule has 0 unspecified atom stereocenters. The number of halogens is 1. The zero-order chi connectivity index (χ0) is 23.5. The maximum absolute atomic E-state index is 9.57. The molecular weight excluding hydrogens is 541 g/mol. The Morgan fingerprint density at radius 1 is 1.12 bits per heavy atom. The summed E-state index contributed by atoms with van der Waals surface area (Å²) < 4.78 is 7.31. The summed E-state index contributed by atoms with van der Waals surface area (Å²) in [5, 5.41) is 20.8. The lowest BCUT2D eigenvalue weighted by Crippen LogP contribution is -2.37. The Balaban J connectivity index is 0.00000408. The van der Waals surface area contributed by atoms with Gasteiger partial charge in [0.15, 0.2) is 5.96 Å². The first-order valence-corrected chi connectivity index (χ1v) is 11.2. The molecule has 3 rings (SSSR count). The van der Waals surface area contributed by atoms with Crippen LogP contribution in [0.15, 0.2) is 59.6 Å². The van der Waals surface area contributed by atoms with Gasteiger partial charge < -0.3 is 21.1 Å². The fraction of sp³-hybridized carbons (Fsp3) is 0.320. The Morgan fingerprint density at radius 3 is 2.56 bits per heavy atom. The standard InChI is InChI=1S/C25H31N7O.HI/c1-3-28-25(30-18-19-11-8-9-15-23(19)33-4-2)29-16-10-14-22-21(17-26)24(27)32(31-22)20-12-6-5-7-13-20;/h5-9,11-13,15H,3-4,10,14,16,18,27H2,1-2H3,(H2,28,29,30);1H. The third-order valence-electron chi connectivity index (χ3n) is 5.01. The largest absolute Gasteiger partial charge is 0.494 e. The first-order valence-electron chi connectivity index (χ1n) is 11.2. The minimum Gasteiger partial charge on any atom is -0.494 e. The topological polar surface area (TPSA) is 113 Å². The maximum Gasteiger partial charge on any atom is 0.191 e. The smallest absolute Gasteiger partial charge is 0.191 e. The number of nitrogens with two attached hydrogens (primary N) is 1. The molecule has 1 aromatic heterocycles. The maximum atomic E-state index is 9.57. The van der Waals surface area contributed by atoms with Gasteiger partial charge in [0.2, 0.25) is 0 Å². The molecule has 3 aromatic rings. The fourth-order valence-corrected chi connectivity index (χ4v) is 3.44. The normalized spacial score (nSPS) is 10.8. The Morgan fingerprint density at radius 2 is 1.85 bits per heavy atom. The lowest BCUT2D eigenvalue weighted by atomic mass is 10.1. The predicted octanol–water partition coefficient (Wildman–Crippen LogP) is 4.03. The zero-order valence-electron chi connectivity index (χ0n) is 19.6. The molecule has 34 heavy (non-hydrogen) atoms. The molecule has 0 bridgehead atoms. The van der Waals surface area contributed by atoms with E-state index in [4.69, 9.17) is 10.5 Å². The van der Waals surface area contributed by atoms with Gasteiger partial charge in [-0.25, -0.2) is 9.67 Å². The van der Waals surface area contributed by atoms with Gasteiger partial charge in [-0.15, -0.1) is 24.0 Å². The number of nitriles is 1. The van der Waals surface area contributed by atoms with E-state index in [0.29, 0.717) is 43.2 Å². The first-order chi connectivity index (χ1) is 16.2.